The van der Waals surface area contributed by atoms with Gasteiger partial charge in [-0.15, -0.1) is 0 Å². The van der Waals surface area contributed by atoms with Gasteiger partial charge in [-0.25, -0.2) is 40.2 Å². The fraction of sp³-hybridized carbons (Fsp3) is 0.395. The number of amides is 2. The molecule has 5 aromatic rings. The van der Waals surface area contributed by atoms with Gasteiger partial charge in [-0.2, -0.15) is 49.6 Å². The van der Waals surface area contributed by atoms with E-state index < -0.39 is 166 Å². The zero-order valence-corrected chi connectivity index (χ0v) is 39.9. The highest BCUT2D eigenvalue weighted by Crippen LogP contribution is 2.68. The molecule has 2 aliphatic rings. The maximum absolute atomic E-state index is 15.6. The topological polar surface area (TPSA) is 213 Å². The number of nitrogens with zero attached hydrogens (tertiary/aromatic N) is 6. The number of ether oxygens (including phenoxy) is 1. The Bertz CT molecular complexity index is 3370. The molecule has 2 aliphatic carbocycles. The molecule has 0 radical (unpaired) electrons. The van der Waals surface area contributed by atoms with E-state index in [2.05, 4.69) is 32.3 Å². The van der Waals surface area contributed by atoms with Gasteiger partial charge in [0.2, 0.25) is 15.9 Å². The Morgan fingerprint density at radius 1 is 0.972 bits per heavy atom. The summed E-state index contributed by atoms with van der Waals surface area (Å²) in [6, 6.07) is 4.39. The second kappa shape index (κ2) is 18.2. The van der Waals surface area contributed by atoms with Crippen LogP contribution in [0.1, 0.15) is 73.1 Å². The predicted octanol–water partition coefficient (Wildman–Crippen LogP) is 7.67. The Morgan fingerprint density at radius 3 is 2.17 bits per heavy atom. The molecular weight excluding hydrogens is 1050 g/mol. The van der Waals surface area contributed by atoms with Crippen molar-refractivity contribution in [3.63, 3.8) is 0 Å². The largest absolute Gasteiger partial charge is 0.479 e. The molecule has 386 valence electrons. The lowest BCUT2D eigenvalue weighted by molar-refractivity contribution is -0.145. The first kappa shape index (κ1) is 53.3. The summed E-state index contributed by atoms with van der Waals surface area (Å²) in [6.45, 7) is -0.147. The first-order chi connectivity index (χ1) is 33.0. The molecule has 0 bridgehead atoms. The average Bonchev–Trinajstić information content (AvgIpc) is 3.74. The van der Waals surface area contributed by atoms with Gasteiger partial charge in [0, 0.05) is 34.9 Å². The minimum Gasteiger partial charge on any atom is -0.479 e. The number of alkyl halides is 8. The molecule has 4 atom stereocenters. The number of rotatable bonds is 13. The molecule has 72 heavy (non-hydrogen) atoms. The lowest BCUT2D eigenvalue weighted by Crippen LogP contribution is -2.40. The van der Waals surface area contributed by atoms with Crippen molar-refractivity contribution in [2.75, 3.05) is 16.8 Å². The Balaban J connectivity index is 1.49. The maximum Gasteiger partial charge on any atom is 0.435 e. The van der Waals surface area contributed by atoms with Gasteiger partial charge in [0.1, 0.15) is 40.9 Å². The fourth-order valence-electron chi connectivity index (χ4n) is 8.03. The Hall–Kier alpha value is -6.47. The van der Waals surface area contributed by atoms with Crippen LogP contribution in [0.15, 0.2) is 42.5 Å². The van der Waals surface area contributed by atoms with Crippen LogP contribution in [0.25, 0.3) is 22.0 Å². The second-order valence-corrected chi connectivity index (χ2v) is 22.2. The minimum atomic E-state index is -5.24. The highest BCUT2D eigenvalue weighted by atomic mass is 35.5. The molecule has 7 rings (SSSR count). The van der Waals surface area contributed by atoms with E-state index in [9.17, 15) is 71.4 Å². The molecule has 3 heterocycles. The molecule has 1 fully saturated rings. The Kier molecular flexibility index (Phi) is 13.5. The number of halogens is 11. The summed E-state index contributed by atoms with van der Waals surface area (Å²) in [5.41, 5.74) is -6.35. The molecule has 2 amide bonds. The number of hydrogen-bond donors (Lipinski definition) is 2. The van der Waals surface area contributed by atoms with Crippen LogP contribution in [0.4, 0.5) is 54.5 Å². The molecule has 2 aromatic carbocycles. The summed E-state index contributed by atoms with van der Waals surface area (Å²) in [6.07, 6.45) is -14.2. The molecule has 1 saturated carbocycles. The van der Waals surface area contributed by atoms with E-state index in [0.29, 0.717) is 12.3 Å². The number of benzene rings is 2. The van der Waals surface area contributed by atoms with E-state index in [1.165, 1.54) is 13.8 Å². The van der Waals surface area contributed by atoms with Crippen molar-refractivity contribution in [1.29, 1.82) is 0 Å². The van der Waals surface area contributed by atoms with Crippen LogP contribution >= 0.6 is 11.6 Å². The normalized spacial score (nSPS) is 17.3. The van der Waals surface area contributed by atoms with Gasteiger partial charge in [-0.1, -0.05) is 23.6 Å². The summed E-state index contributed by atoms with van der Waals surface area (Å²) in [4.78, 5) is 43.6. The third-order valence-electron chi connectivity index (χ3n) is 11.6. The summed E-state index contributed by atoms with van der Waals surface area (Å²) in [7, 11) is -8.94. The van der Waals surface area contributed by atoms with Gasteiger partial charge in [-0.05, 0) is 81.3 Å². The maximum atomic E-state index is 15.6. The summed E-state index contributed by atoms with van der Waals surface area (Å²) >= 11 is 6.55. The van der Waals surface area contributed by atoms with Crippen molar-refractivity contribution in [3.05, 3.63) is 93.0 Å². The minimum absolute atomic E-state index is 0.154. The zero-order chi connectivity index (χ0) is 53.6. The van der Waals surface area contributed by atoms with Crippen LogP contribution in [-0.4, -0.2) is 94.0 Å². The van der Waals surface area contributed by atoms with Crippen molar-refractivity contribution < 1.29 is 85.0 Å². The van der Waals surface area contributed by atoms with E-state index in [-0.39, 0.29) is 36.9 Å². The molecule has 29 heteroatoms. The summed E-state index contributed by atoms with van der Waals surface area (Å²) in [5.74, 6) is -8.19. The fourth-order valence-corrected chi connectivity index (χ4v) is 9.26. The number of aromatic nitrogens is 5. The third-order valence-corrected chi connectivity index (χ3v) is 14.9. The number of nitrogens with one attached hydrogen (secondary N) is 1. The molecule has 0 saturated heterocycles. The Morgan fingerprint density at radius 2 is 1.60 bits per heavy atom. The van der Waals surface area contributed by atoms with Gasteiger partial charge < -0.3 is 15.2 Å². The Labute approximate surface area is 406 Å². The van der Waals surface area contributed by atoms with E-state index in [4.69, 9.17) is 16.3 Å². The van der Waals surface area contributed by atoms with Crippen molar-refractivity contribution in [2.45, 2.75) is 87.8 Å². The van der Waals surface area contributed by atoms with Gasteiger partial charge in [0.25, 0.3) is 5.92 Å². The number of aliphatic carboxylic acids is 1. The predicted molar refractivity (Wildman–Crippen MR) is 234 cm³/mol. The highest BCUT2D eigenvalue weighted by molar-refractivity contribution is 7.93. The van der Waals surface area contributed by atoms with Crippen molar-refractivity contribution in [3.8, 4) is 23.0 Å². The monoisotopic (exact) mass is 1080 g/mol. The lowest BCUT2D eigenvalue weighted by atomic mass is 9.93. The first-order valence-electron chi connectivity index (χ1n) is 20.7. The average molecular weight is 1080 g/mol. The van der Waals surface area contributed by atoms with E-state index in [0.717, 1.165) is 49.6 Å². The SMILES string of the molecule is CC(OC(=O)N(c1nn(CC(F)(F)F)c2c(-c3ccc(C#CC(C)(C)S(C)(=O)=O)nc3C(Cc3cc(F)cc(F)c3)NC(=O)Cn3nc(C(F)(F)F)c4c3C(F)(F)[C@@H]3C[C@H]43)ccc(Cl)c12)S(C)(=O)=O)C(=O)O. The van der Waals surface area contributed by atoms with Crippen molar-refractivity contribution in [2.24, 2.45) is 5.92 Å². The van der Waals surface area contributed by atoms with E-state index in [1.807, 2.05) is 0 Å². The van der Waals surface area contributed by atoms with Crippen LogP contribution in [-0.2, 0) is 65.8 Å². The van der Waals surface area contributed by atoms with Crippen LogP contribution in [0.3, 0.4) is 0 Å². The number of sulfonamides is 1. The number of carbonyl (C=O) groups excluding carboxylic acids is 2. The van der Waals surface area contributed by atoms with E-state index >= 15 is 8.78 Å². The van der Waals surface area contributed by atoms with Crippen molar-refractivity contribution in [1.82, 2.24) is 29.9 Å². The highest BCUT2D eigenvalue weighted by Gasteiger charge is 2.68. The van der Waals surface area contributed by atoms with Gasteiger partial charge in [0.05, 0.1) is 33.9 Å². The standard InChI is InChI=1S/C43H36ClF10N7O9S2/c1-19(38(63)64)70-39(65)61(72(5,68)69)37-32-28(44)9-8-25(34(32)60(58-37)18-41(47,48)49)24-7-6-23(10-11-40(2,3)71(4,66)67)55-33(24)29(14-20-12-21(45)15-22(46)13-20)56-30(62)17-59-36-31(35(57-59)43(52,53)54)26-16-27(26)42(36,50)51/h6-9,12-13,15,19,26-27,29H,14,16-18H2,1-5H3,(H,56,62)(H,63,64)/t19?,26-,27+,29?/m0/s1. The number of carbonyl (C=O) groups is 3. The molecular formula is C43H36ClF10N7O9S2. The first-order valence-corrected chi connectivity index (χ1v) is 24.9. The van der Waals surface area contributed by atoms with Crippen LogP contribution in [0.5, 0.6) is 0 Å². The molecule has 16 nitrogen and oxygen atoms in total. The van der Waals surface area contributed by atoms with Crippen molar-refractivity contribution >= 4 is 66.2 Å². The number of fused-ring (bicyclic) bond motifs is 4. The summed E-state index contributed by atoms with van der Waals surface area (Å²) in [5, 5.41) is 17.6. The molecule has 0 aliphatic heterocycles. The summed E-state index contributed by atoms with van der Waals surface area (Å²) < 4.78 is 201. The van der Waals surface area contributed by atoms with E-state index in [1.54, 1.807) is 0 Å². The van der Waals surface area contributed by atoms with Gasteiger partial charge in [0.15, 0.2) is 27.5 Å². The molecule has 2 N–H and O–H groups in total. The number of hydrogen-bond acceptors (Lipinski definition) is 11. The molecule has 3 aromatic heterocycles. The third kappa shape index (κ3) is 10.5. The van der Waals surface area contributed by atoms with Crippen LogP contribution in [0.2, 0.25) is 5.02 Å². The molecule has 2 unspecified atom stereocenters. The van der Waals surface area contributed by atoms with Gasteiger partial charge >= 0.3 is 24.4 Å². The zero-order valence-electron chi connectivity index (χ0n) is 37.5. The number of pyridine rings is 1. The number of anilines is 1. The molecule has 0 spiro atoms. The van der Waals surface area contributed by atoms with Crippen LogP contribution in [0, 0.1) is 29.4 Å². The number of carboxylic acids is 1. The second-order valence-electron chi connectivity index (χ2n) is 17.4. The lowest BCUT2D eigenvalue weighted by Gasteiger charge is -2.23. The number of sulfone groups is 1. The van der Waals surface area contributed by atoms with Crippen LogP contribution < -0.4 is 9.62 Å². The quantitative estimate of drug-likeness (QED) is 0.0859. The number of carboxylic acid groups (broad SMARTS) is 1. The smallest absolute Gasteiger partial charge is 0.435 e. The van der Waals surface area contributed by atoms with Gasteiger partial charge in [-0.3, -0.25) is 14.2 Å².